The number of carbonyl (C=O) groups excluding carboxylic acids is 1. The summed E-state index contributed by atoms with van der Waals surface area (Å²) in [6.45, 7) is 0. The number of rotatable bonds is 2. The Hall–Kier alpha value is -1.58. The van der Waals surface area contributed by atoms with E-state index in [0.717, 1.165) is 0 Å². The fourth-order valence-electron chi connectivity index (χ4n) is 1.75. The molecule has 0 saturated carbocycles. The van der Waals surface area contributed by atoms with Crippen molar-refractivity contribution in [3.8, 4) is 11.1 Å². The molecule has 0 unspecified atom stereocenters. The molecular formula is C14H10Cl2FNO. The van der Waals surface area contributed by atoms with Crippen LogP contribution in [0.3, 0.4) is 0 Å². The Kier molecular flexibility index (Phi) is 4.08. The van der Waals surface area contributed by atoms with Gasteiger partial charge in [-0.05, 0) is 29.8 Å². The lowest BCUT2D eigenvalue weighted by Crippen LogP contribution is -2.17. The minimum Gasteiger partial charge on any atom is -0.355 e. The van der Waals surface area contributed by atoms with Gasteiger partial charge in [0.25, 0.3) is 5.91 Å². The molecule has 0 heterocycles. The minimum absolute atomic E-state index is 0.00949. The Balaban J connectivity index is 2.60. The summed E-state index contributed by atoms with van der Waals surface area (Å²) in [4.78, 5) is 11.6. The second-order valence-corrected chi connectivity index (χ2v) is 4.69. The predicted molar refractivity (Wildman–Crippen MR) is 75.2 cm³/mol. The van der Waals surface area contributed by atoms with Crippen molar-refractivity contribution in [1.29, 1.82) is 0 Å². The molecule has 5 heteroatoms. The SMILES string of the molecule is CNC(=O)c1cccc(-c2c(Cl)ccc(Cl)c2F)c1. The van der Waals surface area contributed by atoms with Crippen LogP contribution >= 0.6 is 23.2 Å². The number of nitrogens with one attached hydrogen (secondary N) is 1. The van der Waals surface area contributed by atoms with Crippen LogP contribution in [0.2, 0.25) is 10.0 Å². The number of hydrogen-bond acceptors (Lipinski definition) is 1. The van der Waals surface area contributed by atoms with Crippen LogP contribution in [0, 0.1) is 5.82 Å². The van der Waals surface area contributed by atoms with Gasteiger partial charge in [-0.1, -0.05) is 35.3 Å². The highest BCUT2D eigenvalue weighted by Crippen LogP contribution is 2.34. The lowest BCUT2D eigenvalue weighted by atomic mass is 10.0. The number of hydrogen-bond donors (Lipinski definition) is 1. The minimum atomic E-state index is -0.594. The van der Waals surface area contributed by atoms with Gasteiger partial charge < -0.3 is 5.32 Å². The first kappa shape index (κ1) is 13.8. The molecule has 0 fully saturated rings. The third kappa shape index (κ3) is 2.72. The van der Waals surface area contributed by atoms with E-state index >= 15 is 0 Å². The average Bonchev–Trinajstić information content (AvgIpc) is 2.43. The van der Waals surface area contributed by atoms with Gasteiger partial charge in [-0.15, -0.1) is 0 Å². The maximum absolute atomic E-state index is 14.0. The van der Waals surface area contributed by atoms with Crippen molar-refractivity contribution in [2.75, 3.05) is 7.05 Å². The molecule has 0 bridgehead atoms. The van der Waals surface area contributed by atoms with Gasteiger partial charge in [0.05, 0.1) is 10.0 Å². The fraction of sp³-hybridized carbons (Fsp3) is 0.0714. The Morgan fingerprint density at radius 2 is 1.84 bits per heavy atom. The Morgan fingerprint density at radius 3 is 2.53 bits per heavy atom. The molecule has 2 aromatic carbocycles. The quantitative estimate of drug-likeness (QED) is 0.829. The van der Waals surface area contributed by atoms with Crippen LogP contribution in [0.4, 0.5) is 4.39 Å². The monoisotopic (exact) mass is 297 g/mol. The molecule has 0 aromatic heterocycles. The molecule has 0 saturated heterocycles. The summed E-state index contributed by atoms with van der Waals surface area (Å²) < 4.78 is 14.0. The van der Waals surface area contributed by atoms with Crippen molar-refractivity contribution in [3.05, 3.63) is 57.8 Å². The lowest BCUT2D eigenvalue weighted by Gasteiger charge is -2.09. The van der Waals surface area contributed by atoms with Crippen LogP contribution < -0.4 is 5.32 Å². The van der Waals surface area contributed by atoms with Crippen LogP contribution in [-0.4, -0.2) is 13.0 Å². The Morgan fingerprint density at radius 1 is 1.16 bits per heavy atom. The highest BCUT2D eigenvalue weighted by Gasteiger charge is 2.14. The van der Waals surface area contributed by atoms with E-state index in [1.54, 1.807) is 24.3 Å². The number of amides is 1. The molecule has 0 aliphatic rings. The van der Waals surface area contributed by atoms with E-state index in [1.165, 1.54) is 19.2 Å². The molecule has 0 radical (unpaired) electrons. The van der Waals surface area contributed by atoms with E-state index in [1.807, 2.05) is 0 Å². The van der Waals surface area contributed by atoms with Crippen molar-refractivity contribution in [2.45, 2.75) is 0 Å². The molecule has 0 spiro atoms. The molecule has 0 aliphatic carbocycles. The van der Waals surface area contributed by atoms with Gasteiger partial charge in [0.15, 0.2) is 5.82 Å². The van der Waals surface area contributed by atoms with Gasteiger partial charge in [0, 0.05) is 18.2 Å². The third-order valence-electron chi connectivity index (χ3n) is 2.68. The molecule has 1 amide bonds. The van der Waals surface area contributed by atoms with E-state index in [-0.39, 0.29) is 21.5 Å². The zero-order valence-electron chi connectivity index (χ0n) is 10.0. The fourth-order valence-corrected chi connectivity index (χ4v) is 2.16. The van der Waals surface area contributed by atoms with Gasteiger partial charge in [0.1, 0.15) is 0 Å². The largest absolute Gasteiger partial charge is 0.355 e. The average molecular weight is 298 g/mol. The third-order valence-corrected chi connectivity index (χ3v) is 3.29. The van der Waals surface area contributed by atoms with Crippen molar-refractivity contribution in [2.24, 2.45) is 0 Å². The van der Waals surface area contributed by atoms with E-state index in [9.17, 15) is 9.18 Å². The van der Waals surface area contributed by atoms with Gasteiger partial charge in [-0.2, -0.15) is 0 Å². The van der Waals surface area contributed by atoms with E-state index in [2.05, 4.69) is 5.32 Å². The molecule has 0 atom stereocenters. The maximum Gasteiger partial charge on any atom is 0.251 e. The lowest BCUT2D eigenvalue weighted by molar-refractivity contribution is 0.0963. The summed E-state index contributed by atoms with van der Waals surface area (Å²) in [7, 11) is 1.53. The van der Waals surface area contributed by atoms with Crippen LogP contribution in [0.15, 0.2) is 36.4 Å². The second-order valence-electron chi connectivity index (χ2n) is 3.88. The normalized spacial score (nSPS) is 10.3. The molecule has 98 valence electrons. The first-order chi connectivity index (χ1) is 9.04. The molecule has 2 rings (SSSR count). The summed E-state index contributed by atoms with van der Waals surface area (Å²) in [5.74, 6) is -0.844. The second kappa shape index (κ2) is 5.59. The van der Waals surface area contributed by atoms with Crippen LogP contribution in [0.25, 0.3) is 11.1 Å². The van der Waals surface area contributed by atoms with Crippen molar-refractivity contribution >= 4 is 29.1 Å². The standard InChI is InChI=1S/C14H10Cl2FNO/c1-18-14(19)9-4-2-3-8(7-9)12-10(15)5-6-11(16)13(12)17/h2-7H,1H3,(H,18,19). The summed E-state index contributed by atoms with van der Waals surface area (Å²) in [5, 5.41) is 2.75. The number of halogens is 3. The maximum atomic E-state index is 14.0. The summed E-state index contributed by atoms with van der Waals surface area (Å²) in [6.07, 6.45) is 0. The van der Waals surface area contributed by atoms with Crippen LogP contribution in [0.1, 0.15) is 10.4 Å². The topological polar surface area (TPSA) is 29.1 Å². The Bertz CT molecular complexity index is 643. The molecule has 19 heavy (non-hydrogen) atoms. The van der Waals surface area contributed by atoms with Crippen molar-refractivity contribution < 1.29 is 9.18 Å². The van der Waals surface area contributed by atoms with E-state index in [0.29, 0.717) is 11.1 Å². The van der Waals surface area contributed by atoms with Crippen molar-refractivity contribution in [3.63, 3.8) is 0 Å². The molecular weight excluding hydrogens is 288 g/mol. The van der Waals surface area contributed by atoms with Crippen molar-refractivity contribution in [1.82, 2.24) is 5.32 Å². The number of carbonyl (C=O) groups is 1. The van der Waals surface area contributed by atoms with Crippen LogP contribution in [0.5, 0.6) is 0 Å². The zero-order chi connectivity index (χ0) is 14.0. The van der Waals surface area contributed by atoms with Gasteiger partial charge in [-0.3, -0.25) is 4.79 Å². The number of benzene rings is 2. The zero-order valence-corrected chi connectivity index (χ0v) is 11.5. The first-order valence-corrected chi connectivity index (χ1v) is 6.26. The van der Waals surface area contributed by atoms with Crippen LogP contribution in [-0.2, 0) is 0 Å². The van der Waals surface area contributed by atoms with E-state index < -0.39 is 5.82 Å². The van der Waals surface area contributed by atoms with Gasteiger partial charge >= 0.3 is 0 Å². The predicted octanol–water partition coefficient (Wildman–Crippen LogP) is 4.16. The van der Waals surface area contributed by atoms with E-state index in [4.69, 9.17) is 23.2 Å². The first-order valence-electron chi connectivity index (χ1n) is 5.50. The van der Waals surface area contributed by atoms with Gasteiger partial charge in [-0.25, -0.2) is 4.39 Å². The van der Waals surface area contributed by atoms with Gasteiger partial charge in [0.2, 0.25) is 0 Å². The molecule has 2 aromatic rings. The highest BCUT2D eigenvalue weighted by molar-refractivity contribution is 6.35. The molecule has 0 aliphatic heterocycles. The summed E-state index contributed by atoms with van der Waals surface area (Å²) in [5.41, 5.74) is 1.13. The summed E-state index contributed by atoms with van der Waals surface area (Å²) in [6, 6.07) is 9.46. The summed E-state index contributed by atoms with van der Waals surface area (Å²) >= 11 is 11.8. The molecule has 1 N–H and O–H groups in total. The smallest absolute Gasteiger partial charge is 0.251 e. The highest BCUT2D eigenvalue weighted by atomic mass is 35.5. The molecule has 2 nitrogen and oxygen atoms in total. The Labute approximate surface area is 120 Å².